The number of rotatable bonds is 10. The van der Waals surface area contributed by atoms with Crippen LogP contribution in [-0.2, 0) is 9.47 Å². The second-order valence-electron chi connectivity index (χ2n) is 6.66. The predicted molar refractivity (Wildman–Crippen MR) is 87.0 cm³/mol. The molecule has 1 heterocycles. The Bertz CT molecular complexity index is 344. The Morgan fingerprint density at radius 3 is 2.38 bits per heavy atom. The summed E-state index contributed by atoms with van der Waals surface area (Å²) in [6.45, 7) is 3.44. The largest absolute Gasteiger partial charge is 0.394 e. The minimum absolute atomic E-state index is 0.0185. The van der Waals surface area contributed by atoms with Gasteiger partial charge in [0.15, 0.2) is 6.29 Å². The second kappa shape index (κ2) is 10.6. The number of nitrogens with two attached hydrogens (primary N) is 1. The first-order valence-electron chi connectivity index (χ1n) is 8.69. The van der Waals surface area contributed by atoms with E-state index in [1.807, 2.05) is 6.92 Å². The first-order valence-corrected chi connectivity index (χ1v) is 8.69. The third-order valence-corrected chi connectivity index (χ3v) is 4.59. The van der Waals surface area contributed by atoms with Crippen molar-refractivity contribution in [2.24, 2.45) is 11.7 Å². The van der Waals surface area contributed by atoms with Gasteiger partial charge in [0, 0.05) is 0 Å². The molecule has 0 bridgehead atoms. The Labute approximate surface area is 143 Å². The van der Waals surface area contributed by atoms with E-state index in [9.17, 15) is 20.4 Å². The van der Waals surface area contributed by atoms with E-state index in [0.717, 1.165) is 25.7 Å². The second-order valence-corrected chi connectivity index (χ2v) is 6.66. The van der Waals surface area contributed by atoms with E-state index in [0.29, 0.717) is 0 Å². The monoisotopic (exact) mass is 351 g/mol. The normalized spacial score (nSPS) is 34.8. The molecule has 1 saturated heterocycles. The van der Waals surface area contributed by atoms with E-state index in [-0.39, 0.29) is 12.5 Å². The first-order chi connectivity index (χ1) is 11.3. The molecule has 8 nitrogen and oxygen atoms in total. The highest BCUT2D eigenvalue weighted by Crippen LogP contribution is 2.22. The Morgan fingerprint density at radius 2 is 1.79 bits per heavy atom. The lowest BCUT2D eigenvalue weighted by Gasteiger charge is -2.40. The topological polar surface area (TPSA) is 146 Å². The molecule has 0 amide bonds. The summed E-state index contributed by atoms with van der Waals surface area (Å²) in [4.78, 5) is 0. The van der Waals surface area contributed by atoms with Gasteiger partial charge in [0.1, 0.15) is 24.4 Å². The van der Waals surface area contributed by atoms with Crippen molar-refractivity contribution < 1.29 is 35.0 Å². The van der Waals surface area contributed by atoms with Crippen LogP contribution in [0.4, 0.5) is 0 Å². The number of hydrogen-bond acceptors (Lipinski definition) is 8. The molecular formula is C16H33NO7. The van der Waals surface area contributed by atoms with E-state index in [4.69, 9.17) is 20.3 Å². The molecule has 1 aliphatic rings. The highest BCUT2D eigenvalue weighted by Gasteiger charge is 2.44. The quantitative estimate of drug-likeness (QED) is 0.267. The van der Waals surface area contributed by atoms with Crippen molar-refractivity contribution >= 4 is 0 Å². The standard InChI is InChI=1S/C16H33NO7/c1-3-4-5-6-9(2)12(19)10(17)8-23-16-15(22)14(21)13(20)11(7-18)24-16/h9-16,18-22H,3-8,17H2,1-2H3/t9-,10+,11?,12-,13+,14+,15?,16+/m1/s1. The molecule has 0 spiro atoms. The maximum atomic E-state index is 10.2. The van der Waals surface area contributed by atoms with Crippen LogP contribution in [0.1, 0.15) is 39.5 Å². The molecule has 1 fully saturated rings. The molecule has 7 N–H and O–H groups in total. The highest BCUT2D eigenvalue weighted by atomic mass is 16.7. The predicted octanol–water partition coefficient (Wildman–Crippen LogP) is -1.29. The van der Waals surface area contributed by atoms with Crippen LogP contribution < -0.4 is 5.73 Å². The van der Waals surface area contributed by atoms with Gasteiger partial charge >= 0.3 is 0 Å². The molecule has 0 aliphatic carbocycles. The number of aliphatic hydroxyl groups excluding tert-OH is 5. The van der Waals surface area contributed by atoms with Crippen molar-refractivity contribution in [1.82, 2.24) is 0 Å². The van der Waals surface area contributed by atoms with E-state index in [1.165, 1.54) is 0 Å². The van der Waals surface area contributed by atoms with Gasteiger partial charge in [-0.1, -0.05) is 33.1 Å². The van der Waals surface area contributed by atoms with Crippen LogP contribution in [0.5, 0.6) is 0 Å². The van der Waals surface area contributed by atoms with Gasteiger partial charge in [0.2, 0.25) is 0 Å². The highest BCUT2D eigenvalue weighted by molar-refractivity contribution is 4.89. The molecule has 0 aromatic heterocycles. The maximum Gasteiger partial charge on any atom is 0.186 e. The summed E-state index contributed by atoms with van der Waals surface area (Å²) < 4.78 is 10.6. The van der Waals surface area contributed by atoms with Gasteiger partial charge in [0.05, 0.1) is 25.4 Å². The molecule has 0 aromatic carbocycles. The summed E-state index contributed by atoms with van der Waals surface area (Å²) in [6, 6.07) is -0.672. The molecule has 8 atom stereocenters. The summed E-state index contributed by atoms with van der Waals surface area (Å²) >= 11 is 0. The number of ether oxygens (including phenoxy) is 2. The number of hydrogen-bond donors (Lipinski definition) is 6. The Balaban J connectivity index is 2.45. The van der Waals surface area contributed by atoms with Crippen molar-refractivity contribution in [2.75, 3.05) is 13.2 Å². The van der Waals surface area contributed by atoms with E-state index >= 15 is 0 Å². The van der Waals surface area contributed by atoms with Crippen LogP contribution in [-0.4, -0.2) is 81.6 Å². The van der Waals surface area contributed by atoms with Gasteiger partial charge < -0.3 is 40.7 Å². The van der Waals surface area contributed by atoms with Crippen LogP contribution >= 0.6 is 0 Å². The van der Waals surface area contributed by atoms with Gasteiger partial charge in [0.25, 0.3) is 0 Å². The molecule has 0 saturated carbocycles. The van der Waals surface area contributed by atoms with Crippen LogP contribution in [0.3, 0.4) is 0 Å². The molecule has 8 heteroatoms. The van der Waals surface area contributed by atoms with Gasteiger partial charge in [-0.05, 0) is 12.3 Å². The summed E-state index contributed by atoms with van der Waals surface area (Å²) in [6.07, 6.45) is -3.30. The molecule has 0 radical (unpaired) electrons. The first kappa shape index (κ1) is 21.7. The zero-order valence-corrected chi connectivity index (χ0v) is 14.5. The number of unbranched alkanes of at least 4 members (excludes halogenated alkanes) is 2. The van der Waals surface area contributed by atoms with Crippen molar-refractivity contribution in [1.29, 1.82) is 0 Å². The Kier molecular flexibility index (Phi) is 9.61. The lowest BCUT2D eigenvalue weighted by atomic mass is 9.93. The van der Waals surface area contributed by atoms with Gasteiger partial charge in [-0.25, -0.2) is 0 Å². The molecule has 0 aromatic rings. The Hall–Kier alpha value is -0.320. The molecule has 1 aliphatic heterocycles. The lowest BCUT2D eigenvalue weighted by Crippen LogP contribution is -2.59. The third-order valence-electron chi connectivity index (χ3n) is 4.59. The molecular weight excluding hydrogens is 318 g/mol. The van der Waals surface area contributed by atoms with Crippen molar-refractivity contribution in [3.63, 3.8) is 0 Å². The fourth-order valence-corrected chi connectivity index (χ4v) is 2.82. The van der Waals surface area contributed by atoms with Crippen molar-refractivity contribution in [3.05, 3.63) is 0 Å². The van der Waals surface area contributed by atoms with E-state index in [1.54, 1.807) is 0 Å². The van der Waals surface area contributed by atoms with E-state index < -0.39 is 49.5 Å². The molecule has 24 heavy (non-hydrogen) atoms. The van der Waals surface area contributed by atoms with Crippen molar-refractivity contribution in [3.8, 4) is 0 Å². The van der Waals surface area contributed by atoms with Gasteiger partial charge in [-0.2, -0.15) is 0 Å². The minimum atomic E-state index is -1.49. The fraction of sp³-hybridized carbons (Fsp3) is 1.00. The van der Waals surface area contributed by atoms with Crippen LogP contribution in [0.25, 0.3) is 0 Å². The van der Waals surface area contributed by atoms with Crippen molar-refractivity contribution in [2.45, 2.75) is 82.4 Å². The average molecular weight is 351 g/mol. The lowest BCUT2D eigenvalue weighted by molar-refractivity contribution is -0.302. The zero-order valence-electron chi connectivity index (χ0n) is 14.5. The van der Waals surface area contributed by atoms with Crippen LogP contribution in [0, 0.1) is 5.92 Å². The van der Waals surface area contributed by atoms with Crippen LogP contribution in [0.15, 0.2) is 0 Å². The zero-order chi connectivity index (χ0) is 18.3. The third kappa shape index (κ3) is 5.89. The van der Waals surface area contributed by atoms with Crippen LogP contribution in [0.2, 0.25) is 0 Å². The maximum absolute atomic E-state index is 10.2. The summed E-state index contributed by atoms with van der Waals surface area (Å²) in [5.41, 5.74) is 5.94. The average Bonchev–Trinajstić information content (AvgIpc) is 2.58. The number of aliphatic hydroxyl groups is 5. The van der Waals surface area contributed by atoms with E-state index in [2.05, 4.69) is 6.92 Å². The van der Waals surface area contributed by atoms with Gasteiger partial charge in [-0.15, -0.1) is 0 Å². The fourth-order valence-electron chi connectivity index (χ4n) is 2.82. The minimum Gasteiger partial charge on any atom is -0.394 e. The summed E-state index contributed by atoms with van der Waals surface area (Å²) in [5.74, 6) is 0.0185. The van der Waals surface area contributed by atoms with Gasteiger partial charge in [-0.3, -0.25) is 0 Å². The smallest absolute Gasteiger partial charge is 0.186 e. The SMILES string of the molecule is CCCCC[C@@H](C)[C@@H](O)[C@@H](N)CO[C@H]1OC(CO)[C@H](O)[C@H](O)C1O. The molecule has 144 valence electrons. The Morgan fingerprint density at radius 1 is 1.12 bits per heavy atom. The molecule has 1 rings (SSSR count). The molecule has 2 unspecified atom stereocenters. The summed E-state index contributed by atoms with van der Waals surface area (Å²) in [7, 11) is 0. The summed E-state index contributed by atoms with van der Waals surface area (Å²) in [5, 5.41) is 48.6.